The molecule has 0 radical (unpaired) electrons. The van der Waals surface area contributed by atoms with E-state index in [2.05, 4.69) is 48.3 Å². The minimum atomic E-state index is -0.766. The number of thiophene rings is 1. The first-order valence-electron chi connectivity index (χ1n) is 12.6. The summed E-state index contributed by atoms with van der Waals surface area (Å²) in [6.45, 7) is 8.32. The van der Waals surface area contributed by atoms with Crippen molar-refractivity contribution in [2.45, 2.75) is 58.0 Å². The molecule has 1 N–H and O–H groups in total. The smallest absolute Gasteiger partial charge is 0.325 e. The van der Waals surface area contributed by atoms with E-state index in [0.717, 1.165) is 57.7 Å². The van der Waals surface area contributed by atoms with Crippen molar-refractivity contribution >= 4 is 23.3 Å². The van der Waals surface area contributed by atoms with E-state index in [9.17, 15) is 9.59 Å². The van der Waals surface area contributed by atoms with Gasteiger partial charge in [0.1, 0.15) is 11.3 Å². The van der Waals surface area contributed by atoms with E-state index in [0.29, 0.717) is 18.9 Å². The molecule has 0 aliphatic carbocycles. The van der Waals surface area contributed by atoms with Gasteiger partial charge in [0.05, 0.1) is 6.61 Å². The Kier molecular flexibility index (Phi) is 6.67. The van der Waals surface area contributed by atoms with Gasteiger partial charge in [0.2, 0.25) is 0 Å². The van der Waals surface area contributed by atoms with Gasteiger partial charge in [-0.05, 0) is 79.2 Å². The van der Waals surface area contributed by atoms with Crippen LogP contribution in [0.1, 0.15) is 49.1 Å². The van der Waals surface area contributed by atoms with Gasteiger partial charge in [-0.25, -0.2) is 4.79 Å². The second kappa shape index (κ2) is 9.70. The minimum Gasteiger partial charge on any atom is -0.493 e. The first-order chi connectivity index (χ1) is 16.4. The summed E-state index contributed by atoms with van der Waals surface area (Å²) in [5.41, 5.74) is 1.87. The van der Waals surface area contributed by atoms with E-state index in [1.807, 2.05) is 11.4 Å². The number of hydrogen-bond acceptors (Lipinski definition) is 5. The lowest BCUT2D eigenvalue weighted by Crippen LogP contribution is -2.56. The summed E-state index contributed by atoms with van der Waals surface area (Å²) in [7, 11) is 0. The van der Waals surface area contributed by atoms with E-state index in [1.165, 1.54) is 20.9 Å². The fourth-order valence-electron chi connectivity index (χ4n) is 5.93. The maximum Gasteiger partial charge on any atom is 0.325 e. The molecule has 2 fully saturated rings. The lowest BCUT2D eigenvalue weighted by molar-refractivity contribution is -0.134. The van der Waals surface area contributed by atoms with Gasteiger partial charge >= 0.3 is 6.03 Å². The maximum absolute atomic E-state index is 13.7. The highest BCUT2D eigenvalue weighted by molar-refractivity contribution is 7.09. The molecule has 7 heteroatoms. The average Bonchev–Trinajstić information content (AvgIpc) is 3.54. The molecule has 0 bridgehead atoms. The van der Waals surface area contributed by atoms with Crippen molar-refractivity contribution in [2.75, 3.05) is 26.2 Å². The number of amides is 3. The molecule has 34 heavy (non-hydrogen) atoms. The molecule has 3 aliphatic rings. The molecule has 1 atom stereocenters. The third kappa shape index (κ3) is 4.60. The summed E-state index contributed by atoms with van der Waals surface area (Å²) in [6.07, 6.45) is 4.26. The van der Waals surface area contributed by atoms with Crippen molar-refractivity contribution < 1.29 is 14.3 Å². The van der Waals surface area contributed by atoms with Crippen LogP contribution in [0.25, 0.3) is 0 Å². The van der Waals surface area contributed by atoms with Crippen LogP contribution >= 0.6 is 11.3 Å². The summed E-state index contributed by atoms with van der Waals surface area (Å²) in [6, 6.07) is 10.4. The predicted molar refractivity (Wildman–Crippen MR) is 134 cm³/mol. The van der Waals surface area contributed by atoms with Crippen LogP contribution in [0.4, 0.5) is 4.79 Å². The summed E-state index contributed by atoms with van der Waals surface area (Å²) >= 11 is 1.67. The number of carbonyl (C=O) groups is 2. The van der Waals surface area contributed by atoms with E-state index in [-0.39, 0.29) is 17.9 Å². The number of urea groups is 1. The third-order valence-electron chi connectivity index (χ3n) is 7.54. The number of ether oxygens (including phenoxy) is 1. The van der Waals surface area contributed by atoms with Crippen molar-refractivity contribution in [3.8, 4) is 5.75 Å². The van der Waals surface area contributed by atoms with Crippen molar-refractivity contribution in [1.82, 2.24) is 15.1 Å². The summed E-state index contributed by atoms with van der Waals surface area (Å²) < 4.78 is 5.64. The largest absolute Gasteiger partial charge is 0.493 e. The van der Waals surface area contributed by atoms with E-state index < -0.39 is 5.54 Å². The van der Waals surface area contributed by atoms with Crippen molar-refractivity contribution in [3.63, 3.8) is 0 Å². The summed E-state index contributed by atoms with van der Waals surface area (Å²) in [5.74, 6) is 1.51. The molecule has 3 amide bonds. The number of fused-ring (bicyclic) bond motifs is 1. The summed E-state index contributed by atoms with van der Waals surface area (Å²) in [5, 5.41) is 5.24. The molecule has 6 nitrogen and oxygen atoms in total. The molecule has 5 rings (SSSR count). The molecular formula is C27H35N3O3S. The van der Waals surface area contributed by atoms with Crippen LogP contribution in [0.2, 0.25) is 0 Å². The molecule has 182 valence electrons. The number of benzene rings is 1. The predicted octanol–water partition coefficient (Wildman–Crippen LogP) is 4.47. The Labute approximate surface area is 206 Å². The third-order valence-corrected chi connectivity index (χ3v) is 8.47. The zero-order chi connectivity index (χ0) is 23.7. The van der Waals surface area contributed by atoms with Crippen LogP contribution in [-0.2, 0) is 24.2 Å². The number of nitrogens with one attached hydrogen (secondary N) is 1. The number of hydrogen-bond donors (Lipinski definition) is 1. The van der Waals surface area contributed by atoms with Crippen LogP contribution in [0.3, 0.4) is 0 Å². The van der Waals surface area contributed by atoms with Crippen molar-refractivity contribution in [2.24, 2.45) is 11.8 Å². The molecule has 4 heterocycles. The number of nitrogens with zero attached hydrogens (tertiary/aromatic N) is 2. The van der Waals surface area contributed by atoms with Gasteiger partial charge in [-0.1, -0.05) is 32.0 Å². The molecule has 0 spiro atoms. The molecule has 2 saturated heterocycles. The van der Waals surface area contributed by atoms with Crippen LogP contribution in [0.5, 0.6) is 5.75 Å². The van der Waals surface area contributed by atoms with Crippen LogP contribution in [0, 0.1) is 11.8 Å². The zero-order valence-electron chi connectivity index (χ0n) is 20.2. The highest BCUT2D eigenvalue weighted by atomic mass is 32.1. The Morgan fingerprint density at radius 1 is 1.21 bits per heavy atom. The highest BCUT2D eigenvalue weighted by Crippen LogP contribution is 2.38. The minimum absolute atomic E-state index is 0.0140. The SMILES string of the molecule is CC(C)CC1(C2CCN(Cc3ccc4c(c3)CCO4)CC2)NC(=O)N(CCc2cccs2)C1=O. The first kappa shape index (κ1) is 23.4. The van der Waals surface area contributed by atoms with Crippen molar-refractivity contribution in [1.29, 1.82) is 0 Å². The topological polar surface area (TPSA) is 61.9 Å². The van der Waals surface area contributed by atoms with Gasteiger partial charge in [-0.3, -0.25) is 14.6 Å². The van der Waals surface area contributed by atoms with E-state index in [4.69, 9.17) is 4.74 Å². The fourth-order valence-corrected chi connectivity index (χ4v) is 6.63. The number of carbonyl (C=O) groups excluding carboxylic acids is 2. The second-order valence-corrected chi connectivity index (χ2v) is 11.4. The molecule has 1 aromatic heterocycles. The van der Waals surface area contributed by atoms with Gasteiger partial charge in [-0.2, -0.15) is 0 Å². The molecule has 1 aromatic carbocycles. The average molecular weight is 482 g/mol. The zero-order valence-corrected chi connectivity index (χ0v) is 21.0. The van der Waals surface area contributed by atoms with E-state index in [1.54, 1.807) is 11.3 Å². The molecule has 3 aliphatic heterocycles. The number of piperidine rings is 1. The Hall–Kier alpha value is -2.38. The number of likely N-dealkylation sites (tertiary alicyclic amines) is 1. The lowest BCUT2D eigenvalue weighted by atomic mass is 9.73. The first-order valence-corrected chi connectivity index (χ1v) is 13.5. The molecule has 2 aromatic rings. The van der Waals surface area contributed by atoms with Gasteiger partial charge in [0.25, 0.3) is 5.91 Å². The van der Waals surface area contributed by atoms with Gasteiger partial charge in [0.15, 0.2) is 0 Å². The Morgan fingerprint density at radius 3 is 2.76 bits per heavy atom. The number of rotatable bonds is 8. The van der Waals surface area contributed by atoms with Gasteiger partial charge in [0, 0.05) is 24.4 Å². The van der Waals surface area contributed by atoms with Crippen LogP contribution in [-0.4, -0.2) is 53.5 Å². The van der Waals surface area contributed by atoms with Gasteiger partial charge in [-0.15, -0.1) is 11.3 Å². The van der Waals surface area contributed by atoms with E-state index >= 15 is 0 Å². The molecule has 0 saturated carbocycles. The lowest BCUT2D eigenvalue weighted by Gasteiger charge is -2.41. The van der Waals surface area contributed by atoms with Crippen molar-refractivity contribution in [3.05, 3.63) is 51.7 Å². The monoisotopic (exact) mass is 481 g/mol. The van der Waals surface area contributed by atoms with Gasteiger partial charge < -0.3 is 10.1 Å². The van der Waals surface area contributed by atoms with Crippen LogP contribution in [0.15, 0.2) is 35.7 Å². The van der Waals surface area contributed by atoms with Crippen LogP contribution < -0.4 is 10.1 Å². The normalized spacial score (nSPS) is 23.4. The maximum atomic E-state index is 13.7. The molecule has 1 unspecified atom stereocenters. The second-order valence-electron chi connectivity index (χ2n) is 10.4. The quantitative estimate of drug-likeness (QED) is 0.565. The fraction of sp³-hybridized carbons (Fsp3) is 0.556. The molecular weight excluding hydrogens is 446 g/mol. The standard InChI is InChI=1S/C27H35N3O3S/c1-19(2)17-27(25(31)30(26(32)28-27)13-9-23-4-3-15-34-23)22-7-11-29(12-8-22)18-20-5-6-24-21(16-20)10-14-33-24/h3-6,15-16,19,22H,7-14,17-18H2,1-2H3,(H,28,32). The number of imide groups is 1. The Morgan fingerprint density at radius 2 is 2.03 bits per heavy atom. The Bertz CT molecular complexity index is 1030. The Balaban J connectivity index is 1.25. The summed E-state index contributed by atoms with van der Waals surface area (Å²) in [4.78, 5) is 31.8. The highest BCUT2D eigenvalue weighted by Gasteiger charge is 2.55.